The first kappa shape index (κ1) is 22.7. The highest BCUT2D eigenvalue weighted by Gasteiger charge is 2.45. The molecule has 10 heteroatoms. The molecular weight excluding hydrogens is 448 g/mol. The average Bonchev–Trinajstić information content (AvgIpc) is 3.56. The van der Waals surface area contributed by atoms with Gasteiger partial charge >= 0.3 is 6.18 Å². The fourth-order valence-electron chi connectivity index (χ4n) is 4.05. The van der Waals surface area contributed by atoms with E-state index in [9.17, 15) is 30.8 Å². The number of halogens is 4. The van der Waals surface area contributed by atoms with Crippen molar-refractivity contribution in [3.8, 4) is 0 Å². The lowest BCUT2D eigenvalue weighted by atomic mass is 10.0. The van der Waals surface area contributed by atoms with Gasteiger partial charge in [-0.15, -0.1) is 0 Å². The Labute approximate surface area is 183 Å². The van der Waals surface area contributed by atoms with Crippen molar-refractivity contribution in [2.24, 2.45) is 0 Å². The quantitative estimate of drug-likeness (QED) is 0.595. The molecular formula is C22H22F4N2O3S. The summed E-state index contributed by atoms with van der Waals surface area (Å²) < 4.78 is 81.1. The fourth-order valence-corrected chi connectivity index (χ4v) is 6.00. The van der Waals surface area contributed by atoms with Crippen LogP contribution in [0.15, 0.2) is 53.4 Å². The van der Waals surface area contributed by atoms with Gasteiger partial charge in [-0.3, -0.25) is 4.79 Å². The van der Waals surface area contributed by atoms with E-state index in [0.717, 1.165) is 18.2 Å². The Morgan fingerprint density at radius 1 is 1.00 bits per heavy atom. The maximum Gasteiger partial charge on any atom is 0.416 e. The third-order valence-electron chi connectivity index (χ3n) is 5.82. The van der Waals surface area contributed by atoms with Gasteiger partial charge in [0.15, 0.2) is 0 Å². The van der Waals surface area contributed by atoms with Crippen LogP contribution in [0.25, 0.3) is 0 Å². The van der Waals surface area contributed by atoms with Crippen LogP contribution in [-0.2, 0) is 27.5 Å². The third kappa shape index (κ3) is 4.66. The normalized spacial score (nSPS) is 20.1. The molecule has 172 valence electrons. The van der Waals surface area contributed by atoms with Gasteiger partial charge in [0.2, 0.25) is 15.9 Å². The smallest absolute Gasteiger partial charge is 0.338 e. The number of rotatable bonds is 6. The van der Waals surface area contributed by atoms with Crippen molar-refractivity contribution in [2.45, 2.75) is 55.4 Å². The Morgan fingerprint density at radius 2 is 1.72 bits per heavy atom. The molecule has 1 aliphatic heterocycles. The van der Waals surface area contributed by atoms with Crippen LogP contribution in [0.3, 0.4) is 0 Å². The Balaban J connectivity index is 1.54. The van der Waals surface area contributed by atoms with E-state index < -0.39 is 38.5 Å². The molecule has 32 heavy (non-hydrogen) atoms. The summed E-state index contributed by atoms with van der Waals surface area (Å²) in [4.78, 5) is 13.8. The number of likely N-dealkylation sites (tertiary alicyclic amines) is 1. The SMILES string of the molecule is O=C1CC(N(C2CC2)S(=O)(=O)c2cccc(C(F)(F)F)c2)CCN1Cc1ccccc1F. The van der Waals surface area contributed by atoms with Gasteiger partial charge in [0, 0.05) is 37.2 Å². The largest absolute Gasteiger partial charge is 0.416 e. The molecule has 2 aromatic rings. The summed E-state index contributed by atoms with van der Waals surface area (Å²) in [6, 6.07) is 8.83. The van der Waals surface area contributed by atoms with E-state index in [1.165, 1.54) is 15.3 Å². The molecule has 1 atom stereocenters. The summed E-state index contributed by atoms with van der Waals surface area (Å²) in [5.41, 5.74) is -0.667. The van der Waals surface area contributed by atoms with Gasteiger partial charge in [0.25, 0.3) is 0 Å². The van der Waals surface area contributed by atoms with Gasteiger partial charge < -0.3 is 4.90 Å². The summed E-state index contributed by atoms with van der Waals surface area (Å²) >= 11 is 0. The number of sulfonamides is 1. The molecule has 1 unspecified atom stereocenters. The molecule has 1 heterocycles. The molecule has 4 rings (SSSR count). The first-order valence-electron chi connectivity index (χ1n) is 10.3. The van der Waals surface area contributed by atoms with Crippen molar-refractivity contribution >= 4 is 15.9 Å². The van der Waals surface area contributed by atoms with Crippen LogP contribution in [0, 0.1) is 5.82 Å². The monoisotopic (exact) mass is 470 g/mol. The summed E-state index contributed by atoms with van der Waals surface area (Å²) in [5, 5.41) is 0. The number of amides is 1. The lowest BCUT2D eigenvalue weighted by Crippen LogP contribution is -2.50. The standard InChI is InChI=1S/C22H22F4N2O3S/c23-20-7-2-1-4-15(20)14-27-11-10-18(13-21(27)29)28(17-8-9-17)32(30,31)19-6-3-5-16(12-19)22(24,25)26/h1-7,12,17-18H,8-11,13-14H2. The van der Waals surface area contributed by atoms with Gasteiger partial charge in [-0.2, -0.15) is 17.5 Å². The van der Waals surface area contributed by atoms with Crippen LogP contribution in [0.5, 0.6) is 0 Å². The summed E-state index contributed by atoms with van der Waals surface area (Å²) in [6.07, 6.45) is -3.23. The van der Waals surface area contributed by atoms with Crippen LogP contribution < -0.4 is 0 Å². The maximum absolute atomic E-state index is 13.9. The van der Waals surface area contributed by atoms with Crippen molar-refractivity contribution in [2.75, 3.05) is 6.54 Å². The lowest BCUT2D eigenvalue weighted by Gasteiger charge is -2.37. The van der Waals surface area contributed by atoms with Crippen LogP contribution >= 0.6 is 0 Å². The highest BCUT2D eigenvalue weighted by atomic mass is 32.2. The minimum Gasteiger partial charge on any atom is -0.338 e. The van der Waals surface area contributed by atoms with Crippen LogP contribution in [0.4, 0.5) is 17.6 Å². The number of hydrogen-bond donors (Lipinski definition) is 0. The predicted octanol–water partition coefficient (Wildman–Crippen LogP) is 4.19. The highest BCUT2D eigenvalue weighted by Crippen LogP contribution is 2.38. The van der Waals surface area contributed by atoms with Crippen molar-refractivity contribution < 1.29 is 30.8 Å². The molecule has 0 bridgehead atoms. The minimum absolute atomic E-state index is 0.0854. The molecule has 1 amide bonds. The Bertz CT molecular complexity index is 1120. The Kier molecular flexibility index (Phi) is 6.02. The van der Waals surface area contributed by atoms with E-state index in [0.29, 0.717) is 30.9 Å². The molecule has 2 aliphatic rings. The molecule has 1 saturated heterocycles. The zero-order chi connectivity index (χ0) is 23.1. The number of nitrogens with zero attached hydrogens (tertiary/aromatic N) is 2. The molecule has 0 aromatic heterocycles. The van der Waals surface area contributed by atoms with Gasteiger partial charge in [-0.25, -0.2) is 12.8 Å². The number of alkyl halides is 3. The molecule has 0 spiro atoms. The van der Waals surface area contributed by atoms with E-state index in [-0.39, 0.29) is 31.5 Å². The second-order valence-electron chi connectivity index (χ2n) is 8.15. The summed E-state index contributed by atoms with van der Waals surface area (Å²) in [5.74, 6) is -0.733. The van der Waals surface area contributed by atoms with Crippen LogP contribution in [0.1, 0.15) is 36.8 Å². The lowest BCUT2D eigenvalue weighted by molar-refractivity contribution is -0.138. The van der Waals surface area contributed by atoms with E-state index >= 15 is 0 Å². The molecule has 1 aliphatic carbocycles. The van der Waals surface area contributed by atoms with Crippen molar-refractivity contribution in [3.63, 3.8) is 0 Å². The predicted molar refractivity (Wildman–Crippen MR) is 108 cm³/mol. The van der Waals surface area contributed by atoms with Gasteiger partial charge in [0.1, 0.15) is 5.82 Å². The zero-order valence-electron chi connectivity index (χ0n) is 17.1. The van der Waals surface area contributed by atoms with E-state index in [2.05, 4.69) is 0 Å². The third-order valence-corrected chi connectivity index (χ3v) is 7.82. The molecule has 2 fully saturated rings. The first-order valence-corrected chi connectivity index (χ1v) is 11.7. The second-order valence-corrected chi connectivity index (χ2v) is 9.99. The van der Waals surface area contributed by atoms with Crippen molar-refractivity contribution in [1.29, 1.82) is 0 Å². The molecule has 0 radical (unpaired) electrons. The van der Waals surface area contributed by atoms with Gasteiger partial charge in [0.05, 0.1) is 10.5 Å². The topological polar surface area (TPSA) is 57.7 Å². The molecule has 5 nitrogen and oxygen atoms in total. The Hall–Kier alpha value is -2.46. The fraction of sp³-hybridized carbons (Fsp3) is 0.409. The number of hydrogen-bond acceptors (Lipinski definition) is 3. The van der Waals surface area contributed by atoms with Crippen molar-refractivity contribution in [1.82, 2.24) is 9.21 Å². The summed E-state index contributed by atoms with van der Waals surface area (Å²) in [7, 11) is -4.22. The molecule has 0 N–H and O–H groups in total. The zero-order valence-corrected chi connectivity index (χ0v) is 17.9. The van der Waals surface area contributed by atoms with Crippen LogP contribution in [-0.4, -0.2) is 42.2 Å². The van der Waals surface area contributed by atoms with E-state index in [1.807, 2.05) is 0 Å². The highest BCUT2D eigenvalue weighted by molar-refractivity contribution is 7.89. The maximum atomic E-state index is 13.9. The second kappa shape index (κ2) is 8.47. The molecule has 2 aromatic carbocycles. The minimum atomic E-state index is -4.66. The van der Waals surface area contributed by atoms with Crippen LogP contribution in [0.2, 0.25) is 0 Å². The first-order chi connectivity index (χ1) is 15.1. The number of carbonyl (C=O) groups is 1. The number of piperidine rings is 1. The average molecular weight is 470 g/mol. The molecule has 1 saturated carbocycles. The van der Waals surface area contributed by atoms with E-state index in [4.69, 9.17) is 0 Å². The number of benzene rings is 2. The summed E-state index contributed by atoms with van der Waals surface area (Å²) in [6.45, 7) is 0.321. The van der Waals surface area contributed by atoms with Crippen molar-refractivity contribution in [3.05, 3.63) is 65.5 Å². The number of carbonyl (C=O) groups excluding carboxylic acids is 1. The van der Waals surface area contributed by atoms with E-state index in [1.54, 1.807) is 18.2 Å². The Morgan fingerprint density at radius 3 is 2.34 bits per heavy atom. The van der Waals surface area contributed by atoms with Gasteiger partial charge in [-0.1, -0.05) is 24.3 Å². The van der Waals surface area contributed by atoms with Gasteiger partial charge in [-0.05, 0) is 43.5 Å².